The van der Waals surface area contributed by atoms with Crippen LogP contribution in [0.2, 0.25) is 0 Å². The lowest BCUT2D eigenvalue weighted by Crippen LogP contribution is -2.09. The van der Waals surface area contributed by atoms with E-state index in [1.54, 1.807) is 0 Å². The number of allylic oxidation sites excluding steroid dienone is 1. The van der Waals surface area contributed by atoms with Gasteiger partial charge in [0.2, 0.25) is 0 Å². The van der Waals surface area contributed by atoms with Gasteiger partial charge in [0.05, 0.1) is 0 Å². The lowest BCUT2D eigenvalue weighted by molar-refractivity contribution is 0.930. The Morgan fingerprint density at radius 3 is 2.50 bits per heavy atom. The zero-order valence-corrected chi connectivity index (χ0v) is 7.67. The van der Waals surface area contributed by atoms with E-state index < -0.39 is 0 Å². The van der Waals surface area contributed by atoms with Crippen molar-refractivity contribution < 1.29 is 0 Å². The van der Waals surface area contributed by atoms with E-state index in [9.17, 15) is 0 Å². The molecule has 0 unspecified atom stereocenters. The maximum Gasteiger partial charge on any atom is 0.0205 e. The Kier molecular flexibility index (Phi) is 3.55. The zero-order chi connectivity index (χ0) is 8.81. The summed E-state index contributed by atoms with van der Waals surface area (Å²) < 4.78 is 0. The second-order valence-corrected chi connectivity index (χ2v) is 2.71. The van der Waals surface area contributed by atoms with Crippen molar-refractivity contribution in [2.75, 3.05) is 13.6 Å². The molecule has 0 amide bonds. The third kappa shape index (κ3) is 2.21. The smallest absolute Gasteiger partial charge is 0.0205 e. The molecule has 0 saturated carbocycles. The molecule has 0 saturated heterocycles. The van der Waals surface area contributed by atoms with Gasteiger partial charge in [-0.3, -0.25) is 0 Å². The normalized spacial score (nSPS) is 11.7. The lowest BCUT2D eigenvalue weighted by atomic mass is 10.1. The zero-order valence-electron chi connectivity index (χ0n) is 7.67. The largest absolute Gasteiger partial charge is 0.316 e. The molecule has 64 valence electrons. The highest BCUT2D eigenvalue weighted by molar-refractivity contribution is 5.66. The Hall–Kier alpha value is -1.08. The summed E-state index contributed by atoms with van der Waals surface area (Å²) in [5, 5.41) is 3.15. The van der Waals surface area contributed by atoms with Crippen molar-refractivity contribution in [1.29, 1.82) is 0 Å². The molecule has 12 heavy (non-hydrogen) atoms. The second kappa shape index (κ2) is 4.73. The van der Waals surface area contributed by atoms with Gasteiger partial charge in [-0.2, -0.15) is 0 Å². The molecule has 0 heterocycles. The molecule has 0 aromatic heterocycles. The number of hydrogen-bond acceptors (Lipinski definition) is 1. The van der Waals surface area contributed by atoms with E-state index >= 15 is 0 Å². The van der Waals surface area contributed by atoms with Crippen LogP contribution in [0.1, 0.15) is 12.5 Å². The maximum absolute atomic E-state index is 3.15. The van der Waals surface area contributed by atoms with Gasteiger partial charge in [-0.15, -0.1) is 0 Å². The van der Waals surface area contributed by atoms with E-state index in [1.807, 2.05) is 13.1 Å². The van der Waals surface area contributed by atoms with Crippen molar-refractivity contribution in [3.05, 3.63) is 42.0 Å². The molecule has 1 heteroatoms. The van der Waals surface area contributed by atoms with Gasteiger partial charge < -0.3 is 5.32 Å². The summed E-state index contributed by atoms with van der Waals surface area (Å²) in [4.78, 5) is 0. The van der Waals surface area contributed by atoms with Crippen LogP contribution in [0.3, 0.4) is 0 Å². The molecule has 1 N–H and O–H groups in total. The summed E-state index contributed by atoms with van der Waals surface area (Å²) in [6.45, 7) is 3.00. The van der Waals surface area contributed by atoms with E-state index in [2.05, 4.69) is 42.6 Å². The van der Waals surface area contributed by atoms with Gasteiger partial charge in [0.1, 0.15) is 0 Å². The molecule has 0 radical (unpaired) electrons. The third-order valence-electron chi connectivity index (χ3n) is 1.86. The molecule has 1 aromatic carbocycles. The van der Waals surface area contributed by atoms with Crippen LogP contribution in [0.15, 0.2) is 36.4 Å². The molecule has 1 rings (SSSR count). The Bertz CT molecular complexity index is 249. The van der Waals surface area contributed by atoms with Crippen LogP contribution >= 0.6 is 0 Å². The molecule has 0 aliphatic rings. The van der Waals surface area contributed by atoms with E-state index in [-0.39, 0.29) is 0 Å². The second-order valence-electron chi connectivity index (χ2n) is 2.71. The van der Waals surface area contributed by atoms with Crippen LogP contribution in [0, 0.1) is 0 Å². The monoisotopic (exact) mass is 161 g/mol. The van der Waals surface area contributed by atoms with Crippen molar-refractivity contribution >= 4 is 5.57 Å². The Balaban J connectivity index is 2.82. The minimum absolute atomic E-state index is 0.931. The number of rotatable bonds is 3. The van der Waals surface area contributed by atoms with Crippen LogP contribution in [0.4, 0.5) is 0 Å². The molecule has 0 bridgehead atoms. The minimum atomic E-state index is 0.931. The van der Waals surface area contributed by atoms with Crippen molar-refractivity contribution in [3.8, 4) is 0 Å². The van der Waals surface area contributed by atoms with Gasteiger partial charge >= 0.3 is 0 Å². The summed E-state index contributed by atoms with van der Waals surface area (Å²) in [5.41, 5.74) is 2.65. The number of hydrogen-bond donors (Lipinski definition) is 1. The van der Waals surface area contributed by atoms with Gasteiger partial charge in [-0.1, -0.05) is 36.4 Å². The van der Waals surface area contributed by atoms with Crippen LogP contribution in [-0.4, -0.2) is 13.6 Å². The fraction of sp³-hybridized carbons (Fsp3) is 0.273. The standard InChI is InChI=1S/C11H15N/c1-3-10(9-12-2)11-7-5-4-6-8-11/h3-8,12H,9H2,1-2H3/b10-3+. The number of benzene rings is 1. The van der Waals surface area contributed by atoms with Crippen molar-refractivity contribution in [1.82, 2.24) is 5.32 Å². The maximum atomic E-state index is 3.15. The highest BCUT2D eigenvalue weighted by atomic mass is 14.8. The quantitative estimate of drug-likeness (QED) is 0.717. The molecule has 0 aliphatic heterocycles. The van der Waals surface area contributed by atoms with E-state index in [1.165, 1.54) is 11.1 Å². The average molecular weight is 161 g/mol. The summed E-state index contributed by atoms with van der Waals surface area (Å²) >= 11 is 0. The fourth-order valence-electron chi connectivity index (χ4n) is 1.21. The molecule has 0 fully saturated rings. The van der Waals surface area contributed by atoms with Crippen LogP contribution in [0.25, 0.3) is 5.57 Å². The Labute approximate surface area is 74.1 Å². The van der Waals surface area contributed by atoms with Gasteiger partial charge in [-0.25, -0.2) is 0 Å². The van der Waals surface area contributed by atoms with Crippen LogP contribution < -0.4 is 5.32 Å². The summed E-state index contributed by atoms with van der Waals surface area (Å²) in [6, 6.07) is 10.4. The first-order valence-electron chi connectivity index (χ1n) is 4.23. The molecule has 1 nitrogen and oxygen atoms in total. The average Bonchev–Trinajstić information content (AvgIpc) is 2.15. The highest BCUT2D eigenvalue weighted by Gasteiger charge is 1.96. The van der Waals surface area contributed by atoms with Crippen molar-refractivity contribution in [2.24, 2.45) is 0 Å². The molecule has 1 aromatic rings. The molecule has 0 atom stereocenters. The molecular formula is C11H15N. The molecule has 0 spiro atoms. The number of likely N-dealkylation sites (N-methyl/N-ethyl adjacent to an activating group) is 1. The minimum Gasteiger partial charge on any atom is -0.316 e. The highest BCUT2D eigenvalue weighted by Crippen LogP contribution is 2.11. The van der Waals surface area contributed by atoms with E-state index in [0.29, 0.717) is 0 Å². The Morgan fingerprint density at radius 2 is 2.00 bits per heavy atom. The van der Waals surface area contributed by atoms with Gasteiger partial charge in [0.25, 0.3) is 0 Å². The number of nitrogens with one attached hydrogen (secondary N) is 1. The first kappa shape index (κ1) is 9.01. The topological polar surface area (TPSA) is 12.0 Å². The third-order valence-corrected chi connectivity index (χ3v) is 1.86. The van der Waals surface area contributed by atoms with Crippen LogP contribution in [-0.2, 0) is 0 Å². The predicted octanol–water partition coefficient (Wildman–Crippen LogP) is 2.31. The first-order valence-corrected chi connectivity index (χ1v) is 4.23. The predicted molar refractivity (Wildman–Crippen MR) is 54.0 cm³/mol. The molecule has 0 aliphatic carbocycles. The summed E-state index contributed by atoms with van der Waals surface area (Å²) in [6.07, 6.45) is 2.14. The Morgan fingerprint density at radius 1 is 1.33 bits per heavy atom. The van der Waals surface area contributed by atoms with Crippen LogP contribution in [0.5, 0.6) is 0 Å². The summed E-state index contributed by atoms with van der Waals surface area (Å²) in [5.74, 6) is 0. The molecular weight excluding hydrogens is 146 g/mol. The van der Waals surface area contributed by atoms with Crippen molar-refractivity contribution in [2.45, 2.75) is 6.92 Å². The van der Waals surface area contributed by atoms with E-state index in [0.717, 1.165) is 6.54 Å². The lowest BCUT2D eigenvalue weighted by Gasteiger charge is -2.05. The van der Waals surface area contributed by atoms with Gasteiger partial charge in [0.15, 0.2) is 0 Å². The van der Waals surface area contributed by atoms with Gasteiger partial charge in [0, 0.05) is 6.54 Å². The fourth-order valence-corrected chi connectivity index (χ4v) is 1.21. The van der Waals surface area contributed by atoms with E-state index in [4.69, 9.17) is 0 Å². The van der Waals surface area contributed by atoms with Crippen molar-refractivity contribution in [3.63, 3.8) is 0 Å². The SMILES string of the molecule is C/C=C(\CNC)c1ccccc1. The summed E-state index contributed by atoms with van der Waals surface area (Å²) in [7, 11) is 1.96. The first-order chi connectivity index (χ1) is 5.88. The van der Waals surface area contributed by atoms with Gasteiger partial charge in [-0.05, 0) is 25.1 Å².